The van der Waals surface area contributed by atoms with Gasteiger partial charge in [-0.05, 0) is 23.3 Å². The Kier molecular flexibility index (Phi) is 3.58. The zero-order chi connectivity index (χ0) is 15.8. The number of fused-ring (bicyclic) bond motifs is 6. The van der Waals surface area contributed by atoms with E-state index in [0.717, 1.165) is 29.9 Å². The zero-order valence-electron chi connectivity index (χ0n) is 13.2. The summed E-state index contributed by atoms with van der Waals surface area (Å²) in [6.07, 6.45) is 3.58. The second-order valence-corrected chi connectivity index (χ2v) is 5.98. The summed E-state index contributed by atoms with van der Waals surface area (Å²) in [5.41, 5.74) is 5.02. The number of hydrogen-bond donors (Lipinski definition) is 0. The Morgan fingerprint density at radius 1 is 1.13 bits per heavy atom. The summed E-state index contributed by atoms with van der Waals surface area (Å²) < 4.78 is 17.8. The second kappa shape index (κ2) is 5.74. The Morgan fingerprint density at radius 3 is 2.78 bits per heavy atom. The number of ether oxygens (including phenoxy) is 3. The molecule has 0 radical (unpaired) electrons. The van der Waals surface area contributed by atoms with Crippen LogP contribution in [0.3, 0.4) is 0 Å². The van der Waals surface area contributed by atoms with E-state index in [9.17, 15) is 0 Å². The van der Waals surface area contributed by atoms with E-state index in [4.69, 9.17) is 14.2 Å². The lowest BCUT2D eigenvalue weighted by molar-refractivity contribution is -0.0409. The predicted octanol–water partition coefficient (Wildman–Crippen LogP) is 4.17. The molecule has 2 aliphatic rings. The average Bonchev–Trinajstić information content (AvgIpc) is 2.60. The van der Waals surface area contributed by atoms with Gasteiger partial charge in [-0.3, -0.25) is 0 Å². The molecular weight excluding hydrogens is 288 g/mol. The smallest absolute Gasteiger partial charge is 0.125 e. The topological polar surface area (TPSA) is 27.7 Å². The van der Waals surface area contributed by atoms with Gasteiger partial charge in [0.1, 0.15) is 18.1 Å². The van der Waals surface area contributed by atoms with E-state index < -0.39 is 0 Å². The van der Waals surface area contributed by atoms with Crippen LogP contribution in [0.1, 0.15) is 34.5 Å². The highest BCUT2D eigenvalue weighted by atomic mass is 16.5. The molecule has 2 bridgehead atoms. The summed E-state index contributed by atoms with van der Waals surface area (Å²) in [6.45, 7) is 4.24. The van der Waals surface area contributed by atoms with E-state index in [1.807, 2.05) is 12.1 Å². The fourth-order valence-electron chi connectivity index (χ4n) is 3.72. The third-order valence-corrected chi connectivity index (χ3v) is 4.70. The van der Waals surface area contributed by atoms with Gasteiger partial charge in [0.05, 0.1) is 19.3 Å². The summed E-state index contributed by atoms with van der Waals surface area (Å²) in [6, 6.07) is 12.5. The molecule has 0 N–H and O–H groups in total. The monoisotopic (exact) mass is 308 g/mol. The van der Waals surface area contributed by atoms with Gasteiger partial charge >= 0.3 is 0 Å². The molecule has 2 heterocycles. The lowest BCUT2D eigenvalue weighted by atomic mass is 9.81. The van der Waals surface area contributed by atoms with Crippen LogP contribution in [-0.2, 0) is 17.6 Å². The van der Waals surface area contributed by atoms with Crippen LogP contribution in [0.4, 0.5) is 0 Å². The van der Waals surface area contributed by atoms with Crippen LogP contribution >= 0.6 is 0 Å². The predicted molar refractivity (Wildman–Crippen MR) is 89.1 cm³/mol. The van der Waals surface area contributed by atoms with Crippen LogP contribution in [0.5, 0.6) is 11.5 Å². The number of benzene rings is 2. The van der Waals surface area contributed by atoms with Crippen LogP contribution in [0, 0.1) is 0 Å². The Labute approximate surface area is 136 Å². The molecule has 2 aromatic rings. The number of rotatable bonds is 4. The molecule has 118 valence electrons. The molecular formula is C20H20O3. The maximum Gasteiger partial charge on any atom is 0.125 e. The molecule has 2 aromatic carbocycles. The van der Waals surface area contributed by atoms with E-state index in [1.165, 1.54) is 16.7 Å². The van der Waals surface area contributed by atoms with Crippen LogP contribution in [0.25, 0.3) is 0 Å². The molecule has 2 atom stereocenters. The van der Waals surface area contributed by atoms with Crippen molar-refractivity contribution in [2.24, 2.45) is 0 Å². The van der Waals surface area contributed by atoms with E-state index in [2.05, 4.69) is 30.8 Å². The van der Waals surface area contributed by atoms with E-state index >= 15 is 0 Å². The summed E-state index contributed by atoms with van der Waals surface area (Å²) in [5.74, 6) is 1.80. The van der Waals surface area contributed by atoms with Crippen LogP contribution < -0.4 is 9.47 Å². The van der Waals surface area contributed by atoms with Crippen LogP contribution in [0.15, 0.2) is 49.1 Å². The van der Waals surface area contributed by atoms with Gasteiger partial charge in [0.2, 0.25) is 0 Å². The average molecular weight is 308 g/mol. The third kappa shape index (κ3) is 2.32. The van der Waals surface area contributed by atoms with Gasteiger partial charge < -0.3 is 14.2 Å². The quantitative estimate of drug-likeness (QED) is 0.793. The minimum Gasteiger partial charge on any atom is -0.496 e. The molecule has 3 heteroatoms. The lowest BCUT2D eigenvalue weighted by Crippen LogP contribution is -2.28. The normalized spacial score (nSPS) is 21.1. The van der Waals surface area contributed by atoms with Crippen LogP contribution in [-0.4, -0.2) is 13.7 Å². The molecule has 0 amide bonds. The molecule has 23 heavy (non-hydrogen) atoms. The van der Waals surface area contributed by atoms with Gasteiger partial charge in [0, 0.05) is 24.0 Å². The third-order valence-electron chi connectivity index (χ3n) is 4.70. The van der Waals surface area contributed by atoms with Crippen molar-refractivity contribution in [3.63, 3.8) is 0 Å². The summed E-state index contributed by atoms with van der Waals surface area (Å²) in [4.78, 5) is 0. The van der Waals surface area contributed by atoms with E-state index in [0.29, 0.717) is 6.61 Å². The first-order valence-corrected chi connectivity index (χ1v) is 7.98. The van der Waals surface area contributed by atoms with Crippen molar-refractivity contribution < 1.29 is 14.2 Å². The van der Waals surface area contributed by atoms with Gasteiger partial charge in [-0.25, -0.2) is 0 Å². The Morgan fingerprint density at radius 2 is 1.96 bits per heavy atom. The van der Waals surface area contributed by atoms with Gasteiger partial charge in [-0.15, -0.1) is 0 Å². The summed E-state index contributed by atoms with van der Waals surface area (Å²) in [5, 5.41) is 0. The van der Waals surface area contributed by atoms with Crippen molar-refractivity contribution in [2.45, 2.75) is 25.0 Å². The Balaban J connectivity index is 1.82. The largest absolute Gasteiger partial charge is 0.496 e. The first kappa shape index (κ1) is 14.3. The fourth-order valence-corrected chi connectivity index (χ4v) is 3.72. The number of methoxy groups -OCH3 is 1. The maximum atomic E-state index is 6.32. The van der Waals surface area contributed by atoms with Gasteiger partial charge in [-0.2, -0.15) is 0 Å². The van der Waals surface area contributed by atoms with Crippen LogP contribution in [0.2, 0.25) is 0 Å². The molecule has 0 aromatic heterocycles. The maximum absolute atomic E-state index is 6.32. The zero-order valence-corrected chi connectivity index (χ0v) is 13.2. The SMILES string of the molecule is C=CCOc1ccc(OC)c2c1C[C@H]1O[C@@H]2Cc2ccccc21. The molecule has 0 saturated carbocycles. The highest BCUT2D eigenvalue weighted by molar-refractivity contribution is 5.54. The highest BCUT2D eigenvalue weighted by Crippen LogP contribution is 2.50. The Hall–Kier alpha value is -2.26. The van der Waals surface area contributed by atoms with Gasteiger partial charge in [0.25, 0.3) is 0 Å². The molecule has 3 nitrogen and oxygen atoms in total. The standard InChI is InChI=1S/C20H20O3/c1-3-10-22-16-8-9-17(21-2)20-15(16)12-18-14-7-5-4-6-13(14)11-19(20)23-18/h3-9,18-19H,1,10-12H2,2H3/t18-,19-/m1/s1. The summed E-state index contributed by atoms with van der Waals surface area (Å²) >= 11 is 0. The van der Waals surface area contributed by atoms with Crippen molar-refractivity contribution in [1.82, 2.24) is 0 Å². The van der Waals surface area contributed by atoms with Crippen molar-refractivity contribution in [1.29, 1.82) is 0 Å². The van der Waals surface area contributed by atoms with Crippen molar-refractivity contribution in [3.8, 4) is 11.5 Å². The van der Waals surface area contributed by atoms with Crippen molar-refractivity contribution >= 4 is 0 Å². The molecule has 0 spiro atoms. The highest BCUT2D eigenvalue weighted by Gasteiger charge is 2.37. The Bertz CT molecular complexity index is 751. The molecule has 0 unspecified atom stereocenters. The molecule has 2 aliphatic heterocycles. The van der Waals surface area contributed by atoms with E-state index in [1.54, 1.807) is 13.2 Å². The molecule has 4 rings (SSSR count). The molecule has 0 fully saturated rings. The van der Waals surface area contributed by atoms with Crippen molar-refractivity contribution in [3.05, 3.63) is 71.3 Å². The summed E-state index contributed by atoms with van der Waals surface area (Å²) in [7, 11) is 1.71. The fraction of sp³-hybridized carbons (Fsp3) is 0.300. The molecule has 0 aliphatic carbocycles. The minimum atomic E-state index is 0.0286. The minimum absolute atomic E-state index is 0.0286. The second-order valence-electron chi connectivity index (χ2n) is 5.98. The van der Waals surface area contributed by atoms with E-state index in [-0.39, 0.29) is 12.2 Å². The lowest BCUT2D eigenvalue weighted by Gasteiger charge is -2.39. The first-order valence-electron chi connectivity index (χ1n) is 7.98. The molecule has 0 saturated heterocycles. The van der Waals surface area contributed by atoms with Gasteiger partial charge in [-0.1, -0.05) is 36.9 Å². The number of hydrogen-bond acceptors (Lipinski definition) is 3. The van der Waals surface area contributed by atoms with Crippen molar-refractivity contribution in [2.75, 3.05) is 13.7 Å². The van der Waals surface area contributed by atoms with Gasteiger partial charge in [0.15, 0.2) is 0 Å². The first-order chi connectivity index (χ1) is 11.3.